The Bertz CT molecular complexity index is 3340. The fourth-order valence-electron chi connectivity index (χ4n) is 14.5. The van der Waals surface area contributed by atoms with Gasteiger partial charge in [0.05, 0.1) is 93.8 Å². The Labute approximate surface area is 724 Å². The van der Waals surface area contributed by atoms with E-state index in [1.165, 1.54) is 0 Å². The molecule has 0 aliphatic carbocycles. The molecule has 28 saturated heterocycles. The first-order chi connectivity index (χ1) is 57.9. The highest BCUT2D eigenvalue weighted by Crippen LogP contribution is 2.44. The number of ether oxygens (including phenoxy) is 17. The van der Waals surface area contributed by atoms with Gasteiger partial charge in [-0.2, -0.15) is 82.3 Å². The fourth-order valence-corrected chi connectivity index (χ4v) is 21.5. The number of thioether (sulfide) groups is 7. The number of hydrogen-bond acceptors (Lipinski definition) is 47. The fraction of sp³-hybridized carbons (Fsp3) is 0.899. The molecule has 0 spiro atoms. The molecule has 28 heterocycles. The molecular weight excluding hydrogens is 1790 g/mol. The predicted octanol–water partition coefficient (Wildman–Crippen LogP) is -8.07. The number of carbonyl (C=O) groups is 7. The van der Waals surface area contributed by atoms with Crippen LogP contribution in [-0.4, -0.2) is 481 Å². The van der Waals surface area contributed by atoms with Gasteiger partial charge in [0.1, 0.15) is 141 Å². The van der Waals surface area contributed by atoms with E-state index in [1.807, 2.05) is 0 Å². The molecule has 700 valence electrons. The lowest BCUT2D eigenvalue weighted by atomic mass is 9.95. The van der Waals surface area contributed by atoms with E-state index in [0.717, 1.165) is 82.3 Å². The minimum absolute atomic E-state index is 0.0490. The number of aliphatic hydroxyl groups excluding tert-OH is 14. The summed E-state index contributed by atoms with van der Waals surface area (Å²) >= 11 is 6.42. The van der Waals surface area contributed by atoms with Crippen molar-refractivity contribution in [1.82, 2.24) is 0 Å². The highest BCUT2D eigenvalue weighted by atomic mass is 32.2. The third-order valence-corrected chi connectivity index (χ3v) is 28.4. The lowest BCUT2D eigenvalue weighted by Gasteiger charge is -2.51. The van der Waals surface area contributed by atoms with Gasteiger partial charge in [0, 0.05) is 87.0 Å². The van der Waals surface area contributed by atoms with Gasteiger partial charge in [-0.15, -0.1) is 0 Å². The summed E-state index contributed by atoms with van der Waals surface area (Å²) in [7, 11) is 0. The highest BCUT2D eigenvalue weighted by Gasteiger charge is 2.61. The number of carboxylic acid groups (broad SMARTS) is 6. The predicted molar refractivity (Wildman–Crippen MR) is 415 cm³/mol. The average Bonchev–Trinajstić information content (AvgIpc) is 0.839. The second-order valence-electron chi connectivity index (χ2n) is 30.0. The first kappa shape index (κ1) is 102. The van der Waals surface area contributed by atoms with Crippen LogP contribution < -0.4 is 0 Å². The Morgan fingerprint density at radius 2 is 0.549 bits per heavy atom. The van der Waals surface area contributed by atoms with Gasteiger partial charge in [-0.05, 0) is 0 Å². The van der Waals surface area contributed by atoms with Crippen molar-refractivity contribution in [2.45, 2.75) is 291 Å². The van der Waals surface area contributed by atoms with E-state index >= 15 is 0 Å². The van der Waals surface area contributed by atoms with Crippen molar-refractivity contribution in [2.24, 2.45) is 0 Å². The van der Waals surface area contributed by atoms with Gasteiger partial charge in [-0.3, -0.25) is 33.6 Å². The summed E-state index contributed by atoms with van der Waals surface area (Å²) in [5, 5.41) is 252. The molecule has 0 aromatic rings. The Hall–Kier alpha value is -2.54. The molecule has 38 atom stereocenters. The van der Waals surface area contributed by atoms with Crippen molar-refractivity contribution in [1.29, 1.82) is 0 Å². The van der Waals surface area contributed by atoms with E-state index in [-0.39, 0.29) is 87.0 Å². The molecule has 53 heteroatoms. The maximum atomic E-state index is 13.5. The molecule has 18 bridgehead atoms. The number of rotatable bonds is 30. The molecule has 0 unspecified atom stereocenters. The standard InChI is InChI=1S/C69H106O46S7/c70-33(71)1-8-116-17-26-24-15-69(97,98)68(108-26)115-60-32(23-121-13-6-38(80)81)107-67(53(96)46(60)89)114-59-31(21-120-12-5-37(78)79)106-66(52(95)45(59)88)113-58-30(20-119-11-4-36(76)77)105-65(51(94)44(58)87)112-57-29(19-118-10-3-35(74)75)104-64(50(93)43(57)86)111-56-28(18-117-9-2-34(72)73)103-63(49(92)42(56)85)109-54-25-16-99-39(82)7-14-122-22-27-55(41(84)47(90)61(100-24)102-27)110-62(101-25)48(91)40(54)83/h24-32,40-68,83-98H,1-23H2,(H,70,71)(H,72,73)(H,74,75)(H,76,77)(H,78,79)(H,80,81)/t24-,25+,26+,27+,28+,29+,30+,31+,32+,40-,41+,42-,43-,44-,45-,46-,47+,48+,49+,50+,51+,52+,53+,54+,55+,56+,57+,58+,59+,60+,61-,62+,63+,64+,65+,66+,67+,68+/m0/s1. The van der Waals surface area contributed by atoms with Crippen molar-refractivity contribution < 1.29 is 226 Å². The van der Waals surface area contributed by atoms with E-state index in [1.54, 1.807) is 0 Å². The van der Waals surface area contributed by atoms with Crippen LogP contribution in [0, 0.1) is 0 Å². The first-order valence-corrected chi connectivity index (χ1v) is 47.0. The van der Waals surface area contributed by atoms with Gasteiger partial charge in [0.25, 0.3) is 0 Å². The summed E-state index contributed by atoms with van der Waals surface area (Å²) in [6, 6.07) is 0. The van der Waals surface area contributed by atoms with E-state index in [0.29, 0.717) is 0 Å². The zero-order chi connectivity index (χ0) is 88.7. The maximum absolute atomic E-state index is 13.5. The van der Waals surface area contributed by atoms with Gasteiger partial charge in [-0.25, -0.2) is 0 Å². The highest BCUT2D eigenvalue weighted by molar-refractivity contribution is 8.00. The monoisotopic (exact) mass is 1890 g/mol. The van der Waals surface area contributed by atoms with Crippen molar-refractivity contribution in [2.75, 3.05) is 87.1 Å². The second-order valence-corrected chi connectivity index (χ2v) is 38.0. The number of aliphatic carboxylic acids is 6. The zero-order valence-corrected chi connectivity index (χ0v) is 70.4. The lowest BCUT2D eigenvalue weighted by molar-refractivity contribution is -0.415. The van der Waals surface area contributed by atoms with Crippen LogP contribution in [0.25, 0.3) is 0 Å². The Kier molecular flexibility index (Phi) is 39.6. The SMILES string of the molecule is O=C(O)CCSC[C@H]1O[C@@H]2O[C@H]3[C@@H](O)[C@@H](O)[C@H]4O[C@H]5[C@H](O)[C@@H](O)[C@@H](O[C@H]6CC(O)(O)[C@@H](O[C@H]7[C@@H](O)[C@@H](O)[C@@H](O[C@H]8[C@@H](O)[C@@H](O)[C@@H](O[C@H]9[C@@H](O)[C@@H](O)[C@@H](O[C@H]%10[C@@H](O)[C@@H](O)[C@@H](O[C@H]1[C@@H](O)[C@H]2O)O[C@@H]%10CSCCC(=O)O)O[C@@H]9CSCCC(=O)O)O[C@@H]8CSCCC(=O)O)O[C@@H]7CSCCC(=O)O)O[C@@H]6CSCCC(=O)O)O[C@@H]5CSCCC(=O)OC[C@H]3O4. The molecule has 0 radical (unpaired) electrons. The molecule has 28 aliphatic heterocycles. The molecule has 0 aromatic heterocycles. The number of hydrogen-bond donors (Lipinski definition) is 22. The van der Waals surface area contributed by atoms with Crippen LogP contribution in [0.2, 0.25) is 0 Å². The van der Waals surface area contributed by atoms with Gasteiger partial charge < -0.3 is 193 Å². The van der Waals surface area contributed by atoms with Crippen LogP contribution in [-0.2, 0) is 114 Å². The molecule has 28 fully saturated rings. The number of carboxylic acids is 6. The van der Waals surface area contributed by atoms with Crippen molar-refractivity contribution in [3.05, 3.63) is 0 Å². The van der Waals surface area contributed by atoms with Gasteiger partial charge in [0.15, 0.2) is 44.0 Å². The number of cyclic esters (lactones) is 1. The summed E-state index contributed by atoms with van der Waals surface area (Å²) in [6.45, 7) is -0.818. The number of aliphatic hydroxyl groups is 16. The third kappa shape index (κ3) is 27.1. The van der Waals surface area contributed by atoms with Gasteiger partial charge >= 0.3 is 41.8 Å². The van der Waals surface area contributed by atoms with Crippen molar-refractivity contribution in [3.63, 3.8) is 0 Å². The summed E-state index contributed by atoms with van der Waals surface area (Å²) in [5.74, 6) is -14.8. The summed E-state index contributed by atoms with van der Waals surface area (Å²) < 4.78 is 105. The van der Waals surface area contributed by atoms with Crippen LogP contribution in [0.4, 0.5) is 0 Å². The van der Waals surface area contributed by atoms with Crippen LogP contribution in [0.15, 0.2) is 0 Å². The number of esters is 1. The van der Waals surface area contributed by atoms with Crippen LogP contribution in [0.3, 0.4) is 0 Å². The zero-order valence-electron chi connectivity index (χ0n) is 64.7. The van der Waals surface area contributed by atoms with Crippen LogP contribution >= 0.6 is 82.3 Å². The summed E-state index contributed by atoms with van der Waals surface area (Å²) in [6.07, 6.45) is -80.3. The molecule has 122 heavy (non-hydrogen) atoms. The molecule has 22 N–H and O–H groups in total. The molecule has 28 aliphatic rings. The van der Waals surface area contributed by atoms with Crippen molar-refractivity contribution >= 4 is 124 Å². The normalized spacial score (nSPS) is 43.0. The van der Waals surface area contributed by atoms with E-state index in [9.17, 15) is 146 Å². The largest absolute Gasteiger partial charge is 0.481 e. The second kappa shape index (κ2) is 47.5. The minimum Gasteiger partial charge on any atom is -0.481 e. The van der Waals surface area contributed by atoms with Gasteiger partial charge in [0.2, 0.25) is 12.1 Å². The van der Waals surface area contributed by atoms with E-state index < -0.39 is 333 Å². The first-order valence-electron chi connectivity index (χ1n) is 38.9. The average molecular weight is 1900 g/mol. The van der Waals surface area contributed by atoms with Gasteiger partial charge in [-0.1, -0.05) is 0 Å². The van der Waals surface area contributed by atoms with Crippen LogP contribution in [0.1, 0.15) is 51.4 Å². The quantitative estimate of drug-likeness (QED) is 0.0180. The maximum Gasteiger partial charge on any atom is 0.306 e. The molecule has 0 aromatic carbocycles. The summed E-state index contributed by atoms with van der Waals surface area (Å²) in [5.41, 5.74) is 0. The molecule has 46 nitrogen and oxygen atoms in total. The molecule has 0 amide bonds. The topological polar surface area (TPSA) is 721 Å². The third-order valence-electron chi connectivity index (χ3n) is 21.0. The van der Waals surface area contributed by atoms with E-state index in [4.69, 9.17) is 80.5 Å². The Morgan fingerprint density at radius 1 is 0.303 bits per heavy atom. The number of carbonyl (C=O) groups excluding carboxylic acids is 1. The Morgan fingerprint density at radius 3 is 0.861 bits per heavy atom. The van der Waals surface area contributed by atoms with E-state index in [2.05, 4.69) is 0 Å². The molecule has 0 saturated carbocycles. The lowest BCUT2D eigenvalue weighted by Crippen LogP contribution is -2.68. The summed E-state index contributed by atoms with van der Waals surface area (Å²) in [4.78, 5) is 84.0. The minimum atomic E-state index is -3.26. The smallest absolute Gasteiger partial charge is 0.306 e. The molecule has 28 rings (SSSR count). The Balaban J connectivity index is 1.02. The molecular formula is C69H106O46S7. The van der Waals surface area contributed by atoms with Crippen LogP contribution in [0.5, 0.6) is 0 Å². The van der Waals surface area contributed by atoms with Crippen molar-refractivity contribution in [3.8, 4) is 0 Å².